The molecular formula is C22H33ClN6O2. The molecule has 0 spiro atoms. The van der Waals surface area contributed by atoms with Crippen LogP contribution in [-0.4, -0.2) is 64.3 Å². The molecular weight excluding hydrogens is 416 g/mol. The van der Waals surface area contributed by atoms with Gasteiger partial charge in [0.15, 0.2) is 0 Å². The molecule has 1 unspecified atom stereocenters. The average Bonchev–Trinajstić information content (AvgIpc) is 3.10. The predicted molar refractivity (Wildman–Crippen MR) is 123 cm³/mol. The molecule has 2 rings (SSSR count). The number of carbonyl (C=O) groups is 2. The third-order valence-corrected chi connectivity index (χ3v) is 5.67. The number of carbonyl (C=O) groups excluding carboxylic acids is 2. The third-order valence-electron chi connectivity index (χ3n) is 5.44. The Morgan fingerprint density at radius 1 is 1.16 bits per heavy atom. The molecule has 0 saturated heterocycles. The highest BCUT2D eigenvalue weighted by Gasteiger charge is 2.37. The normalized spacial score (nSPS) is 13.2. The van der Waals surface area contributed by atoms with Gasteiger partial charge in [-0.05, 0) is 51.6 Å². The molecule has 1 aromatic heterocycles. The number of amides is 2. The Labute approximate surface area is 189 Å². The van der Waals surface area contributed by atoms with E-state index in [2.05, 4.69) is 15.6 Å². The van der Waals surface area contributed by atoms with Gasteiger partial charge in [-0.1, -0.05) is 43.7 Å². The minimum absolute atomic E-state index is 0.0946. The third kappa shape index (κ3) is 6.04. The monoisotopic (exact) mass is 448 g/mol. The van der Waals surface area contributed by atoms with Gasteiger partial charge in [0.1, 0.15) is 11.7 Å². The maximum absolute atomic E-state index is 13.4. The van der Waals surface area contributed by atoms with Crippen molar-refractivity contribution < 1.29 is 9.59 Å². The van der Waals surface area contributed by atoms with Crippen LogP contribution in [0.25, 0.3) is 0 Å². The van der Waals surface area contributed by atoms with Crippen molar-refractivity contribution in [2.75, 3.05) is 33.0 Å². The van der Waals surface area contributed by atoms with Crippen LogP contribution in [0.4, 0.5) is 5.69 Å². The van der Waals surface area contributed by atoms with E-state index in [1.165, 1.54) is 4.90 Å². The van der Waals surface area contributed by atoms with Gasteiger partial charge in [-0.2, -0.15) is 0 Å². The predicted octanol–water partition coefficient (Wildman–Crippen LogP) is 3.41. The summed E-state index contributed by atoms with van der Waals surface area (Å²) in [6, 6.07) is 6.26. The molecule has 1 atom stereocenters. The first kappa shape index (κ1) is 24.8. The standard InChI is InChI=1S/C22H33ClN6O2/c1-21(2,3)19(29-13-17(25-26-29)22(4,5)27(6)7)20(31)28(8)14-18(30)24-16-11-9-10-15(23)12-16/h9-13,19H,14H2,1-8H3,(H,24,30). The number of likely N-dealkylation sites (N-methyl/N-ethyl adjacent to an activating group) is 1. The van der Waals surface area contributed by atoms with Crippen molar-refractivity contribution in [2.24, 2.45) is 5.41 Å². The van der Waals surface area contributed by atoms with Crippen molar-refractivity contribution in [1.29, 1.82) is 0 Å². The highest BCUT2D eigenvalue weighted by molar-refractivity contribution is 6.30. The Morgan fingerprint density at radius 3 is 2.35 bits per heavy atom. The summed E-state index contributed by atoms with van der Waals surface area (Å²) in [5, 5.41) is 11.9. The molecule has 0 saturated carbocycles. The molecule has 1 aromatic carbocycles. The highest BCUT2D eigenvalue weighted by atomic mass is 35.5. The van der Waals surface area contributed by atoms with Crippen LogP contribution in [-0.2, 0) is 15.1 Å². The number of anilines is 1. The smallest absolute Gasteiger partial charge is 0.248 e. The van der Waals surface area contributed by atoms with Gasteiger partial charge in [0.2, 0.25) is 11.8 Å². The van der Waals surface area contributed by atoms with Crippen LogP contribution in [0.3, 0.4) is 0 Å². The van der Waals surface area contributed by atoms with Crippen LogP contribution >= 0.6 is 11.6 Å². The second kappa shape index (κ2) is 9.36. The van der Waals surface area contributed by atoms with E-state index in [0.717, 1.165) is 5.69 Å². The summed E-state index contributed by atoms with van der Waals surface area (Å²) in [6.45, 7) is 9.89. The van der Waals surface area contributed by atoms with Crippen molar-refractivity contribution >= 4 is 29.1 Å². The Hall–Kier alpha value is -2.45. The summed E-state index contributed by atoms with van der Waals surface area (Å²) in [5.41, 5.74) is 0.563. The number of hydrogen-bond acceptors (Lipinski definition) is 5. The van der Waals surface area contributed by atoms with Gasteiger partial charge in [-0.25, -0.2) is 4.68 Å². The number of nitrogens with one attached hydrogen (secondary N) is 1. The van der Waals surface area contributed by atoms with E-state index in [0.29, 0.717) is 10.7 Å². The minimum Gasteiger partial charge on any atom is -0.335 e. The van der Waals surface area contributed by atoms with Gasteiger partial charge >= 0.3 is 0 Å². The lowest BCUT2D eigenvalue weighted by Gasteiger charge is -2.33. The molecule has 0 bridgehead atoms. The van der Waals surface area contributed by atoms with E-state index in [9.17, 15) is 9.59 Å². The zero-order chi connectivity index (χ0) is 23.6. The lowest BCUT2D eigenvalue weighted by Crippen LogP contribution is -2.44. The van der Waals surface area contributed by atoms with Gasteiger partial charge in [-0.3, -0.25) is 14.5 Å². The second-order valence-electron chi connectivity index (χ2n) is 9.56. The fourth-order valence-corrected chi connectivity index (χ4v) is 3.25. The zero-order valence-electron chi connectivity index (χ0n) is 19.6. The number of hydrogen-bond donors (Lipinski definition) is 1. The molecule has 9 heteroatoms. The molecule has 170 valence electrons. The largest absolute Gasteiger partial charge is 0.335 e. The van der Waals surface area contributed by atoms with Crippen molar-refractivity contribution in [3.8, 4) is 0 Å². The summed E-state index contributed by atoms with van der Waals surface area (Å²) >= 11 is 5.96. The fraction of sp³-hybridized carbons (Fsp3) is 0.545. The maximum atomic E-state index is 13.4. The lowest BCUT2D eigenvalue weighted by atomic mass is 9.86. The molecule has 2 amide bonds. The Kier molecular flexibility index (Phi) is 7.49. The number of halogens is 1. The number of aromatic nitrogens is 3. The maximum Gasteiger partial charge on any atom is 0.248 e. The number of benzene rings is 1. The minimum atomic E-state index is -0.615. The zero-order valence-corrected chi connectivity index (χ0v) is 20.4. The molecule has 8 nitrogen and oxygen atoms in total. The Morgan fingerprint density at radius 2 is 1.81 bits per heavy atom. The van der Waals surface area contributed by atoms with E-state index in [1.54, 1.807) is 36.0 Å². The molecule has 0 aliphatic rings. The summed E-state index contributed by atoms with van der Waals surface area (Å²) in [4.78, 5) is 29.3. The SMILES string of the molecule is CN(CC(=O)Nc1cccc(Cl)c1)C(=O)C(n1cc(C(C)(C)N(C)C)nn1)C(C)(C)C. The quantitative estimate of drug-likeness (QED) is 0.701. The van der Waals surface area contributed by atoms with Crippen LogP contribution in [0.15, 0.2) is 30.5 Å². The first-order valence-electron chi connectivity index (χ1n) is 10.1. The fourth-order valence-electron chi connectivity index (χ4n) is 3.06. The molecule has 31 heavy (non-hydrogen) atoms. The first-order chi connectivity index (χ1) is 14.2. The molecule has 0 fully saturated rings. The summed E-state index contributed by atoms with van der Waals surface area (Å²) < 4.78 is 1.61. The van der Waals surface area contributed by atoms with Crippen LogP contribution in [0, 0.1) is 5.41 Å². The van der Waals surface area contributed by atoms with Gasteiger partial charge in [0.25, 0.3) is 0 Å². The van der Waals surface area contributed by atoms with Gasteiger partial charge in [0, 0.05) is 17.8 Å². The summed E-state index contributed by atoms with van der Waals surface area (Å²) in [6.07, 6.45) is 1.81. The van der Waals surface area contributed by atoms with Gasteiger partial charge in [-0.15, -0.1) is 5.10 Å². The van der Waals surface area contributed by atoms with Crippen LogP contribution in [0.2, 0.25) is 5.02 Å². The van der Waals surface area contributed by atoms with Crippen LogP contribution < -0.4 is 5.32 Å². The van der Waals surface area contributed by atoms with E-state index in [-0.39, 0.29) is 23.9 Å². The average molecular weight is 449 g/mol. The molecule has 0 aliphatic heterocycles. The summed E-state index contributed by atoms with van der Waals surface area (Å²) in [7, 11) is 5.55. The second-order valence-corrected chi connectivity index (χ2v) is 10.00. The van der Waals surface area contributed by atoms with Crippen LogP contribution in [0.5, 0.6) is 0 Å². The van der Waals surface area contributed by atoms with Gasteiger partial charge < -0.3 is 10.2 Å². The van der Waals surface area contributed by atoms with E-state index in [4.69, 9.17) is 11.6 Å². The number of rotatable bonds is 7. The van der Waals surface area contributed by atoms with Crippen LogP contribution in [0.1, 0.15) is 46.4 Å². The van der Waals surface area contributed by atoms with Crippen molar-refractivity contribution in [1.82, 2.24) is 24.8 Å². The molecule has 0 aliphatic carbocycles. The highest BCUT2D eigenvalue weighted by Crippen LogP contribution is 2.33. The molecule has 1 N–H and O–H groups in total. The first-order valence-corrected chi connectivity index (χ1v) is 10.5. The summed E-state index contributed by atoms with van der Waals surface area (Å²) in [5.74, 6) is -0.522. The van der Waals surface area contributed by atoms with Crippen molar-refractivity contribution in [3.63, 3.8) is 0 Å². The van der Waals surface area contributed by atoms with Crippen molar-refractivity contribution in [2.45, 2.75) is 46.2 Å². The van der Waals surface area contributed by atoms with E-state index >= 15 is 0 Å². The van der Waals surface area contributed by atoms with E-state index in [1.807, 2.05) is 59.8 Å². The lowest BCUT2D eigenvalue weighted by molar-refractivity contribution is -0.139. The topological polar surface area (TPSA) is 83.4 Å². The number of nitrogens with zero attached hydrogens (tertiary/aromatic N) is 5. The molecule has 1 heterocycles. The van der Waals surface area contributed by atoms with E-state index < -0.39 is 11.5 Å². The molecule has 0 radical (unpaired) electrons. The van der Waals surface area contributed by atoms with Gasteiger partial charge in [0.05, 0.1) is 18.3 Å². The Balaban J connectivity index is 2.20. The Bertz CT molecular complexity index is 932. The molecule has 2 aromatic rings. The van der Waals surface area contributed by atoms with Crippen molar-refractivity contribution in [3.05, 3.63) is 41.2 Å².